The van der Waals surface area contributed by atoms with Crippen molar-refractivity contribution >= 4 is 11.5 Å². The van der Waals surface area contributed by atoms with Crippen molar-refractivity contribution in [2.24, 2.45) is 5.92 Å². The van der Waals surface area contributed by atoms with Crippen LogP contribution in [0.4, 0.5) is 0 Å². The number of phenols is 1. The Morgan fingerprint density at radius 3 is 2.65 bits per heavy atom. The number of phenolic OH excluding ortho intramolecular Hbond substituents is 1. The van der Waals surface area contributed by atoms with Crippen LogP contribution in [0.15, 0.2) is 24.3 Å². The lowest BCUT2D eigenvalue weighted by Crippen LogP contribution is -2.08. The van der Waals surface area contributed by atoms with Crippen LogP contribution in [0.2, 0.25) is 0 Å². The van der Waals surface area contributed by atoms with Crippen LogP contribution in [0, 0.1) is 5.92 Å². The molecule has 0 fully saturated rings. The maximum atomic E-state index is 10.7. The van der Waals surface area contributed by atoms with Crippen LogP contribution in [-0.2, 0) is 11.4 Å². The van der Waals surface area contributed by atoms with Crippen LogP contribution in [0.1, 0.15) is 44.2 Å². The highest BCUT2D eigenvalue weighted by Gasteiger charge is 2.09. The number of carboxylic acids is 1. The predicted octanol–water partition coefficient (Wildman–Crippen LogP) is 3.18. The van der Waals surface area contributed by atoms with Crippen molar-refractivity contribution in [1.29, 1.82) is 0 Å². The molecule has 0 radical (unpaired) electrons. The van der Waals surface area contributed by atoms with Gasteiger partial charge in [0, 0.05) is 5.56 Å². The zero-order valence-electron chi connectivity index (χ0n) is 12.0. The molecule has 1 aromatic rings. The van der Waals surface area contributed by atoms with Crippen molar-refractivity contribution in [3.63, 3.8) is 0 Å². The van der Waals surface area contributed by atoms with Gasteiger partial charge in [-0.1, -0.05) is 25.1 Å². The number of allylic oxidation sites excluding steroid dienone is 2. The van der Waals surface area contributed by atoms with Crippen LogP contribution >= 0.6 is 0 Å². The van der Waals surface area contributed by atoms with Gasteiger partial charge in [-0.2, -0.15) is 0 Å². The van der Waals surface area contributed by atoms with Crippen LogP contribution in [0.25, 0.3) is 5.57 Å². The summed E-state index contributed by atoms with van der Waals surface area (Å²) in [6, 6.07) is 5.12. The molecule has 4 nitrogen and oxygen atoms in total. The molecule has 0 saturated carbocycles. The summed E-state index contributed by atoms with van der Waals surface area (Å²) in [5.74, 6) is -0.923. The number of aliphatic hydroxyl groups is 1. The third-order valence-electron chi connectivity index (χ3n) is 3.38. The highest BCUT2D eigenvalue weighted by molar-refractivity contribution is 5.70. The first kappa shape index (κ1) is 16.2. The quantitative estimate of drug-likeness (QED) is 0.669. The number of benzene rings is 1. The molecule has 1 unspecified atom stereocenters. The number of hydrogen-bond acceptors (Lipinski definition) is 3. The molecule has 0 spiro atoms. The summed E-state index contributed by atoms with van der Waals surface area (Å²) in [5.41, 5.74) is 2.37. The van der Waals surface area contributed by atoms with Crippen LogP contribution < -0.4 is 0 Å². The van der Waals surface area contributed by atoms with E-state index < -0.39 is 5.97 Å². The molecule has 0 heterocycles. The second-order valence-corrected chi connectivity index (χ2v) is 5.07. The molecule has 4 heteroatoms. The summed E-state index contributed by atoms with van der Waals surface area (Å²) in [6.07, 6.45) is 4.24. The van der Waals surface area contributed by atoms with Crippen molar-refractivity contribution in [2.45, 2.75) is 39.7 Å². The molecule has 3 N–H and O–H groups in total. The first-order valence-electron chi connectivity index (χ1n) is 6.78. The summed E-state index contributed by atoms with van der Waals surface area (Å²) in [4.78, 5) is 10.7. The Morgan fingerprint density at radius 2 is 2.10 bits per heavy atom. The zero-order chi connectivity index (χ0) is 15.1. The Bertz CT molecular complexity index is 491. The van der Waals surface area contributed by atoms with Crippen molar-refractivity contribution in [3.05, 3.63) is 35.4 Å². The van der Waals surface area contributed by atoms with Crippen molar-refractivity contribution in [2.75, 3.05) is 0 Å². The van der Waals surface area contributed by atoms with Gasteiger partial charge in [-0.05, 0) is 43.4 Å². The van der Waals surface area contributed by atoms with Crippen molar-refractivity contribution < 1.29 is 20.1 Å². The number of hydrogen-bond donors (Lipinski definition) is 3. The van der Waals surface area contributed by atoms with Gasteiger partial charge in [0.25, 0.3) is 0 Å². The van der Waals surface area contributed by atoms with Crippen molar-refractivity contribution in [3.8, 4) is 5.75 Å². The van der Waals surface area contributed by atoms with Crippen LogP contribution in [0.3, 0.4) is 0 Å². The Balaban J connectivity index is 2.59. The van der Waals surface area contributed by atoms with E-state index in [0.717, 1.165) is 24.0 Å². The SMILES string of the molecule is CC(=CCCCC(C)C(=O)O)c1ccc(CO)cc1O. The molecule has 1 aromatic carbocycles. The number of aromatic hydroxyl groups is 1. The minimum atomic E-state index is -0.761. The molecule has 0 saturated heterocycles. The minimum Gasteiger partial charge on any atom is -0.507 e. The molecular formula is C16H22O4. The molecular weight excluding hydrogens is 256 g/mol. The van der Waals surface area contributed by atoms with Crippen molar-refractivity contribution in [1.82, 2.24) is 0 Å². The summed E-state index contributed by atoms with van der Waals surface area (Å²) in [7, 11) is 0. The highest BCUT2D eigenvalue weighted by Crippen LogP contribution is 2.26. The fourth-order valence-electron chi connectivity index (χ4n) is 1.99. The molecule has 0 aliphatic carbocycles. The molecule has 1 rings (SSSR count). The fraction of sp³-hybridized carbons (Fsp3) is 0.438. The van der Waals surface area contributed by atoms with Gasteiger partial charge in [-0.25, -0.2) is 0 Å². The average molecular weight is 278 g/mol. The molecule has 0 aromatic heterocycles. The van der Waals surface area contributed by atoms with E-state index >= 15 is 0 Å². The van der Waals surface area contributed by atoms with E-state index in [-0.39, 0.29) is 18.3 Å². The van der Waals surface area contributed by atoms with Gasteiger partial charge in [0.15, 0.2) is 0 Å². The maximum Gasteiger partial charge on any atom is 0.306 e. The lowest BCUT2D eigenvalue weighted by Gasteiger charge is -2.07. The van der Waals surface area contributed by atoms with Gasteiger partial charge in [0.2, 0.25) is 0 Å². The van der Waals surface area contributed by atoms with E-state index in [4.69, 9.17) is 10.2 Å². The smallest absolute Gasteiger partial charge is 0.306 e. The Labute approximate surface area is 119 Å². The van der Waals surface area contributed by atoms with Gasteiger partial charge >= 0.3 is 5.97 Å². The van der Waals surface area contributed by atoms with E-state index in [0.29, 0.717) is 12.0 Å². The number of unbranched alkanes of at least 4 members (excludes halogenated alkanes) is 1. The largest absolute Gasteiger partial charge is 0.507 e. The Hall–Kier alpha value is -1.81. The third kappa shape index (κ3) is 4.70. The second kappa shape index (κ2) is 7.70. The van der Waals surface area contributed by atoms with Gasteiger partial charge < -0.3 is 15.3 Å². The fourth-order valence-corrected chi connectivity index (χ4v) is 1.99. The summed E-state index contributed by atoms with van der Waals surface area (Å²) < 4.78 is 0. The number of rotatable bonds is 7. The molecule has 0 aliphatic heterocycles. The van der Waals surface area contributed by atoms with E-state index in [2.05, 4.69) is 0 Å². The summed E-state index contributed by atoms with van der Waals surface area (Å²) >= 11 is 0. The van der Waals surface area contributed by atoms with E-state index in [1.54, 1.807) is 25.1 Å². The van der Waals surface area contributed by atoms with E-state index in [9.17, 15) is 9.90 Å². The number of carbonyl (C=O) groups is 1. The molecule has 110 valence electrons. The van der Waals surface area contributed by atoms with Gasteiger partial charge in [0.1, 0.15) is 5.75 Å². The molecule has 0 amide bonds. The number of carboxylic acid groups (broad SMARTS) is 1. The lowest BCUT2D eigenvalue weighted by atomic mass is 10.0. The zero-order valence-corrected chi connectivity index (χ0v) is 12.0. The first-order chi connectivity index (χ1) is 9.45. The Morgan fingerprint density at radius 1 is 1.40 bits per heavy atom. The van der Waals surface area contributed by atoms with Crippen LogP contribution in [-0.4, -0.2) is 21.3 Å². The summed E-state index contributed by atoms with van der Waals surface area (Å²) in [6.45, 7) is 3.52. The van der Waals surface area contributed by atoms with Gasteiger partial charge in [-0.3, -0.25) is 4.79 Å². The molecule has 1 atom stereocenters. The topological polar surface area (TPSA) is 77.8 Å². The van der Waals surface area contributed by atoms with E-state index in [1.807, 2.05) is 13.0 Å². The highest BCUT2D eigenvalue weighted by atomic mass is 16.4. The standard InChI is InChI=1S/C16H22O4/c1-11(5-3-4-6-12(2)16(19)20)14-8-7-13(10-17)9-15(14)18/h5,7-9,12,17-18H,3-4,6,10H2,1-2H3,(H,19,20). The second-order valence-electron chi connectivity index (χ2n) is 5.07. The predicted molar refractivity (Wildman–Crippen MR) is 78.3 cm³/mol. The molecule has 0 aliphatic rings. The lowest BCUT2D eigenvalue weighted by molar-refractivity contribution is -0.141. The minimum absolute atomic E-state index is 0.0936. The number of aliphatic hydroxyl groups excluding tert-OH is 1. The van der Waals surface area contributed by atoms with Gasteiger partial charge in [-0.15, -0.1) is 0 Å². The summed E-state index contributed by atoms with van der Waals surface area (Å²) in [5, 5.41) is 27.7. The average Bonchev–Trinajstić information content (AvgIpc) is 2.42. The monoisotopic (exact) mass is 278 g/mol. The molecule has 20 heavy (non-hydrogen) atoms. The molecule has 0 bridgehead atoms. The van der Waals surface area contributed by atoms with E-state index in [1.165, 1.54) is 0 Å². The van der Waals surface area contributed by atoms with Crippen LogP contribution in [0.5, 0.6) is 5.75 Å². The Kier molecular flexibility index (Phi) is 6.25. The van der Waals surface area contributed by atoms with Gasteiger partial charge in [0.05, 0.1) is 12.5 Å². The number of aliphatic carboxylic acids is 1. The maximum absolute atomic E-state index is 10.7. The first-order valence-corrected chi connectivity index (χ1v) is 6.78. The normalized spacial score (nSPS) is 13.2. The third-order valence-corrected chi connectivity index (χ3v) is 3.38.